The van der Waals surface area contributed by atoms with Crippen LogP contribution in [0.15, 0.2) is 28.5 Å². The number of hydrogen-bond acceptors (Lipinski definition) is 5. The van der Waals surface area contributed by atoms with E-state index in [0.29, 0.717) is 0 Å². The Morgan fingerprint density at radius 3 is 2.88 bits per heavy atom. The summed E-state index contributed by atoms with van der Waals surface area (Å²) < 4.78 is 14.9. The molecule has 2 atom stereocenters. The van der Waals surface area contributed by atoms with Crippen molar-refractivity contribution >= 4 is 5.82 Å². The predicted molar refractivity (Wildman–Crippen MR) is 57.8 cm³/mol. The van der Waals surface area contributed by atoms with Gasteiger partial charge in [-0.3, -0.25) is 4.57 Å². The van der Waals surface area contributed by atoms with Crippen LogP contribution in [0.25, 0.3) is 0 Å². The number of aliphatic hydroxyl groups is 2. The maximum Gasteiger partial charge on any atom is 0.350 e. The molecular formula is C10H12FN3O3. The molecule has 0 saturated carbocycles. The van der Waals surface area contributed by atoms with Crippen LogP contribution < -0.4 is 11.4 Å². The average Bonchev–Trinajstić information content (AvgIpc) is 2.54. The summed E-state index contributed by atoms with van der Waals surface area (Å²) in [5, 5.41) is 18.4. The molecule has 1 heterocycles. The van der Waals surface area contributed by atoms with E-state index in [4.69, 9.17) is 10.8 Å². The molecular weight excluding hydrogens is 229 g/mol. The van der Waals surface area contributed by atoms with E-state index < -0.39 is 30.3 Å². The van der Waals surface area contributed by atoms with Crippen molar-refractivity contribution in [3.8, 4) is 0 Å². The summed E-state index contributed by atoms with van der Waals surface area (Å²) >= 11 is 0. The second kappa shape index (κ2) is 4.27. The van der Waals surface area contributed by atoms with Crippen LogP contribution in [0.2, 0.25) is 0 Å². The zero-order valence-corrected chi connectivity index (χ0v) is 8.88. The zero-order valence-electron chi connectivity index (χ0n) is 8.88. The van der Waals surface area contributed by atoms with Crippen LogP contribution in [-0.4, -0.2) is 32.5 Å². The van der Waals surface area contributed by atoms with E-state index in [1.165, 1.54) is 12.3 Å². The Morgan fingerprint density at radius 1 is 1.65 bits per heavy atom. The highest BCUT2D eigenvalue weighted by atomic mass is 19.1. The summed E-state index contributed by atoms with van der Waals surface area (Å²) in [6.07, 6.45) is 0.254. The maximum atomic E-state index is 13.8. The molecule has 17 heavy (non-hydrogen) atoms. The van der Waals surface area contributed by atoms with Crippen LogP contribution >= 0.6 is 0 Å². The summed E-state index contributed by atoms with van der Waals surface area (Å²) in [4.78, 5) is 15.0. The van der Waals surface area contributed by atoms with Gasteiger partial charge in [-0.25, -0.2) is 9.18 Å². The van der Waals surface area contributed by atoms with Gasteiger partial charge in [-0.2, -0.15) is 4.98 Å². The largest absolute Gasteiger partial charge is 0.392 e. The van der Waals surface area contributed by atoms with Gasteiger partial charge in [-0.15, -0.1) is 0 Å². The first-order valence-corrected chi connectivity index (χ1v) is 5.06. The van der Waals surface area contributed by atoms with Gasteiger partial charge in [0.2, 0.25) is 0 Å². The van der Waals surface area contributed by atoms with E-state index in [2.05, 4.69) is 4.98 Å². The smallest absolute Gasteiger partial charge is 0.350 e. The number of nitrogens with two attached hydrogens (primary N) is 1. The van der Waals surface area contributed by atoms with E-state index in [-0.39, 0.29) is 17.8 Å². The highest BCUT2D eigenvalue weighted by Gasteiger charge is 2.34. The minimum absolute atomic E-state index is 0.00717. The van der Waals surface area contributed by atoms with Crippen molar-refractivity contribution in [2.45, 2.75) is 18.6 Å². The molecule has 0 amide bonds. The number of nitrogens with zero attached hydrogens (tertiary/aromatic N) is 2. The standard InChI is InChI=1S/C10H12FN3O3/c11-9-5(4-15)7(16)3-6(9)14-2-1-8(12)13-10(14)17/h1-2,6-7,15-16H,3-4H2,(H2,12,13,17)/t6-,7+/m0/s1. The van der Waals surface area contributed by atoms with Gasteiger partial charge in [0, 0.05) is 18.2 Å². The van der Waals surface area contributed by atoms with Gasteiger partial charge < -0.3 is 15.9 Å². The summed E-state index contributed by atoms with van der Waals surface area (Å²) in [6, 6.07) is 0.450. The molecule has 0 radical (unpaired) electrons. The lowest BCUT2D eigenvalue weighted by atomic mass is 10.2. The van der Waals surface area contributed by atoms with Crippen molar-refractivity contribution in [2.24, 2.45) is 0 Å². The number of nitrogen functional groups attached to an aromatic ring is 1. The summed E-state index contributed by atoms with van der Waals surface area (Å²) in [5.41, 5.74) is 4.55. The molecule has 0 fully saturated rings. The Bertz CT molecular complexity index is 526. The molecule has 1 aliphatic rings. The normalized spacial score (nSPS) is 24.4. The third-order valence-corrected chi connectivity index (χ3v) is 2.81. The fraction of sp³-hybridized carbons (Fsp3) is 0.400. The first-order chi connectivity index (χ1) is 8.04. The van der Waals surface area contributed by atoms with E-state index in [9.17, 15) is 14.3 Å². The molecule has 0 spiro atoms. The van der Waals surface area contributed by atoms with Gasteiger partial charge in [0.1, 0.15) is 11.6 Å². The Hall–Kier alpha value is -1.73. The molecule has 92 valence electrons. The predicted octanol–water partition coefficient (Wildman–Crippen LogP) is -0.653. The first-order valence-electron chi connectivity index (χ1n) is 5.06. The van der Waals surface area contributed by atoms with Gasteiger partial charge in [0.05, 0.1) is 18.8 Å². The molecule has 6 nitrogen and oxygen atoms in total. The van der Waals surface area contributed by atoms with Gasteiger partial charge in [-0.05, 0) is 6.07 Å². The summed E-state index contributed by atoms with van der Waals surface area (Å²) in [6.45, 7) is -0.569. The third-order valence-electron chi connectivity index (χ3n) is 2.81. The lowest BCUT2D eigenvalue weighted by Gasteiger charge is -2.12. The fourth-order valence-electron chi connectivity index (χ4n) is 1.91. The monoisotopic (exact) mass is 241 g/mol. The molecule has 0 bridgehead atoms. The molecule has 2 rings (SSSR count). The Balaban J connectivity index is 2.43. The van der Waals surface area contributed by atoms with Crippen molar-refractivity contribution in [3.63, 3.8) is 0 Å². The fourth-order valence-corrected chi connectivity index (χ4v) is 1.91. The molecule has 0 aromatic carbocycles. The number of anilines is 1. The van der Waals surface area contributed by atoms with Crippen LogP contribution in [0.3, 0.4) is 0 Å². The van der Waals surface area contributed by atoms with Gasteiger partial charge in [-0.1, -0.05) is 0 Å². The van der Waals surface area contributed by atoms with Crippen LogP contribution in [0.4, 0.5) is 10.2 Å². The average molecular weight is 241 g/mol. The van der Waals surface area contributed by atoms with Crippen molar-refractivity contribution in [1.82, 2.24) is 9.55 Å². The number of halogens is 1. The molecule has 0 saturated heterocycles. The van der Waals surface area contributed by atoms with E-state index >= 15 is 0 Å². The Morgan fingerprint density at radius 2 is 2.35 bits per heavy atom. The van der Waals surface area contributed by atoms with Crippen molar-refractivity contribution < 1.29 is 14.6 Å². The second-order valence-electron chi connectivity index (χ2n) is 3.84. The number of rotatable bonds is 2. The van der Waals surface area contributed by atoms with Crippen molar-refractivity contribution in [3.05, 3.63) is 34.1 Å². The molecule has 7 heteroatoms. The van der Waals surface area contributed by atoms with Gasteiger partial charge in [0.15, 0.2) is 0 Å². The number of aromatic nitrogens is 2. The van der Waals surface area contributed by atoms with Crippen LogP contribution in [0.1, 0.15) is 12.5 Å². The SMILES string of the molecule is Nc1ccn([C@H]2C[C@@H](O)C(CO)=C2F)c(=O)n1. The molecule has 0 aliphatic heterocycles. The van der Waals surface area contributed by atoms with Crippen LogP contribution in [0, 0.1) is 0 Å². The highest BCUT2D eigenvalue weighted by Crippen LogP contribution is 2.35. The maximum absolute atomic E-state index is 13.8. The molecule has 4 N–H and O–H groups in total. The van der Waals surface area contributed by atoms with Gasteiger partial charge >= 0.3 is 5.69 Å². The number of allylic oxidation sites excluding steroid dienone is 1. The lowest BCUT2D eigenvalue weighted by Crippen LogP contribution is -2.27. The minimum Gasteiger partial charge on any atom is -0.392 e. The highest BCUT2D eigenvalue weighted by molar-refractivity contribution is 5.27. The second-order valence-corrected chi connectivity index (χ2v) is 3.84. The minimum atomic E-state index is -1.07. The first kappa shape index (κ1) is 11.7. The molecule has 1 aromatic rings. The van der Waals surface area contributed by atoms with E-state index in [1.54, 1.807) is 0 Å². The topological polar surface area (TPSA) is 101 Å². The Kier molecular flexibility index (Phi) is 2.95. The summed E-state index contributed by atoms with van der Waals surface area (Å²) in [5.74, 6) is -0.634. The van der Waals surface area contributed by atoms with Crippen LogP contribution in [-0.2, 0) is 0 Å². The molecule has 1 aromatic heterocycles. The number of hydrogen-bond donors (Lipinski definition) is 3. The van der Waals surface area contributed by atoms with E-state index in [0.717, 1.165) is 4.57 Å². The quantitative estimate of drug-likeness (QED) is 0.638. The van der Waals surface area contributed by atoms with Crippen molar-refractivity contribution in [1.29, 1.82) is 0 Å². The lowest BCUT2D eigenvalue weighted by molar-refractivity contribution is 0.181. The van der Waals surface area contributed by atoms with Crippen LogP contribution in [0.5, 0.6) is 0 Å². The summed E-state index contributed by atoms with van der Waals surface area (Å²) in [7, 11) is 0. The van der Waals surface area contributed by atoms with E-state index in [1.807, 2.05) is 0 Å². The zero-order chi connectivity index (χ0) is 12.6. The molecule has 1 aliphatic carbocycles. The molecule has 0 unspecified atom stereocenters. The number of aliphatic hydroxyl groups excluding tert-OH is 2. The Labute approximate surface area is 95.8 Å². The third kappa shape index (κ3) is 1.94. The van der Waals surface area contributed by atoms with Gasteiger partial charge in [0.25, 0.3) is 0 Å². The van der Waals surface area contributed by atoms with Crippen molar-refractivity contribution in [2.75, 3.05) is 12.3 Å².